The fourth-order valence-corrected chi connectivity index (χ4v) is 2.66. The lowest BCUT2D eigenvalue weighted by Crippen LogP contribution is -2.15. The van der Waals surface area contributed by atoms with Crippen LogP contribution in [-0.2, 0) is 0 Å². The van der Waals surface area contributed by atoms with Crippen LogP contribution < -0.4 is 5.32 Å². The van der Waals surface area contributed by atoms with Crippen molar-refractivity contribution >= 4 is 29.3 Å². The maximum atomic E-state index is 12.3. The van der Waals surface area contributed by atoms with Crippen LogP contribution in [0.2, 0.25) is 0 Å². The number of aromatic nitrogens is 1. The third-order valence-corrected chi connectivity index (χ3v) is 3.94. The molecule has 7 heteroatoms. The van der Waals surface area contributed by atoms with Crippen molar-refractivity contribution in [2.45, 2.75) is 24.1 Å². The molecule has 122 valence electrons. The molecule has 0 spiro atoms. The summed E-state index contributed by atoms with van der Waals surface area (Å²) < 4.78 is 0. The minimum absolute atomic E-state index is 0.132. The van der Waals surface area contributed by atoms with E-state index in [2.05, 4.69) is 10.3 Å². The van der Waals surface area contributed by atoms with Crippen molar-refractivity contribution in [3.05, 3.63) is 53.2 Å². The van der Waals surface area contributed by atoms with Gasteiger partial charge >= 0.3 is 5.97 Å². The van der Waals surface area contributed by atoms with Crippen LogP contribution in [-0.4, -0.2) is 27.2 Å². The first-order chi connectivity index (χ1) is 11.4. The van der Waals surface area contributed by atoms with E-state index in [4.69, 9.17) is 5.26 Å². The molecule has 2 rings (SSSR count). The molecule has 0 fully saturated rings. The van der Waals surface area contributed by atoms with Gasteiger partial charge in [-0.25, -0.2) is 9.78 Å². The number of nitriles is 1. The number of thioether (sulfide) groups is 1. The minimum atomic E-state index is -1.22. The van der Waals surface area contributed by atoms with Gasteiger partial charge in [-0.2, -0.15) is 5.26 Å². The quantitative estimate of drug-likeness (QED) is 0.808. The van der Waals surface area contributed by atoms with E-state index < -0.39 is 11.9 Å². The Bertz CT molecular complexity index is 811. The highest BCUT2D eigenvalue weighted by Crippen LogP contribution is 2.21. The summed E-state index contributed by atoms with van der Waals surface area (Å²) >= 11 is 1.58. The van der Waals surface area contributed by atoms with Gasteiger partial charge in [-0.05, 0) is 30.3 Å². The van der Waals surface area contributed by atoms with Gasteiger partial charge in [-0.1, -0.05) is 13.8 Å². The van der Waals surface area contributed by atoms with Crippen LogP contribution in [0.4, 0.5) is 5.69 Å². The van der Waals surface area contributed by atoms with Crippen molar-refractivity contribution in [2.24, 2.45) is 0 Å². The normalized spacial score (nSPS) is 10.2. The van der Waals surface area contributed by atoms with Gasteiger partial charge in [0.25, 0.3) is 5.91 Å². The minimum Gasteiger partial charge on any atom is -0.478 e. The maximum absolute atomic E-state index is 12.3. The number of carbonyl (C=O) groups is 2. The zero-order chi connectivity index (χ0) is 17.7. The summed E-state index contributed by atoms with van der Waals surface area (Å²) in [5.74, 6) is -1.68. The number of carbonyl (C=O) groups excluding carboxylic acids is 1. The molecule has 2 aromatic rings. The molecule has 0 aliphatic carbocycles. The molecule has 2 N–H and O–H groups in total. The molecule has 0 saturated heterocycles. The Balaban J connectivity index is 2.20. The van der Waals surface area contributed by atoms with Crippen molar-refractivity contribution < 1.29 is 14.7 Å². The second-order valence-corrected chi connectivity index (χ2v) is 6.78. The van der Waals surface area contributed by atoms with Crippen molar-refractivity contribution in [3.63, 3.8) is 0 Å². The first kappa shape index (κ1) is 17.5. The van der Waals surface area contributed by atoms with Gasteiger partial charge < -0.3 is 10.4 Å². The van der Waals surface area contributed by atoms with Crippen molar-refractivity contribution in [2.75, 3.05) is 5.32 Å². The summed E-state index contributed by atoms with van der Waals surface area (Å²) in [5, 5.41) is 21.8. The monoisotopic (exact) mass is 341 g/mol. The molecule has 0 aliphatic rings. The number of hydrogen-bond acceptors (Lipinski definition) is 5. The number of nitrogens with one attached hydrogen (secondary N) is 1. The molecular weight excluding hydrogens is 326 g/mol. The highest BCUT2D eigenvalue weighted by Gasteiger charge is 2.15. The fraction of sp³-hybridized carbons (Fsp3) is 0.176. The largest absolute Gasteiger partial charge is 0.478 e. The molecule has 0 aliphatic heterocycles. The molecular formula is C17H15N3O3S. The number of hydrogen-bond donors (Lipinski definition) is 2. The Morgan fingerprint density at radius 3 is 2.58 bits per heavy atom. The van der Waals surface area contributed by atoms with E-state index >= 15 is 0 Å². The molecule has 1 heterocycles. The number of amides is 1. The van der Waals surface area contributed by atoms with Crippen molar-refractivity contribution in [1.29, 1.82) is 5.26 Å². The van der Waals surface area contributed by atoms with E-state index in [0.717, 1.165) is 5.03 Å². The van der Waals surface area contributed by atoms with Crippen molar-refractivity contribution in [3.8, 4) is 6.07 Å². The van der Waals surface area contributed by atoms with Gasteiger partial charge in [0.2, 0.25) is 0 Å². The zero-order valence-electron chi connectivity index (χ0n) is 13.1. The van der Waals surface area contributed by atoms with Crippen LogP contribution in [0.15, 0.2) is 41.6 Å². The van der Waals surface area contributed by atoms with Gasteiger partial charge in [0, 0.05) is 11.4 Å². The van der Waals surface area contributed by atoms with Gasteiger partial charge in [-0.15, -0.1) is 11.8 Å². The molecule has 1 aromatic heterocycles. The second-order valence-electron chi connectivity index (χ2n) is 5.18. The van der Waals surface area contributed by atoms with Gasteiger partial charge in [0.05, 0.1) is 33.5 Å². The Hall–Kier alpha value is -2.85. The fourth-order valence-electron chi connectivity index (χ4n) is 1.92. The zero-order valence-corrected chi connectivity index (χ0v) is 13.9. The molecule has 0 radical (unpaired) electrons. The number of carboxylic acid groups (broad SMARTS) is 1. The highest BCUT2D eigenvalue weighted by atomic mass is 32.2. The van der Waals surface area contributed by atoms with Crippen LogP contribution in [0.1, 0.15) is 40.1 Å². The summed E-state index contributed by atoms with van der Waals surface area (Å²) in [6.45, 7) is 4.09. The van der Waals surface area contributed by atoms with E-state index in [1.165, 1.54) is 24.4 Å². The van der Waals surface area contributed by atoms with Crippen LogP contribution in [0.25, 0.3) is 0 Å². The SMILES string of the molecule is CC(C)Sc1ccc(C(=O)Nc2ccc(C#N)cc2C(=O)O)cn1. The van der Waals surface area contributed by atoms with Gasteiger partial charge in [0.1, 0.15) is 0 Å². The van der Waals surface area contributed by atoms with E-state index in [-0.39, 0.29) is 16.8 Å². The number of anilines is 1. The molecule has 1 aromatic carbocycles. The predicted octanol–water partition coefficient (Wildman–Crippen LogP) is 3.40. The first-order valence-corrected chi connectivity index (χ1v) is 8.00. The lowest BCUT2D eigenvalue weighted by Gasteiger charge is -2.09. The molecule has 0 atom stereocenters. The second kappa shape index (κ2) is 7.62. The predicted molar refractivity (Wildman–Crippen MR) is 91.3 cm³/mol. The lowest BCUT2D eigenvalue weighted by molar-refractivity contribution is 0.0698. The first-order valence-electron chi connectivity index (χ1n) is 7.12. The van der Waals surface area contributed by atoms with Crippen molar-refractivity contribution in [1.82, 2.24) is 4.98 Å². The average molecular weight is 341 g/mol. The Morgan fingerprint density at radius 1 is 1.29 bits per heavy atom. The summed E-state index contributed by atoms with van der Waals surface area (Å²) in [5.41, 5.74) is 0.528. The number of carboxylic acids is 1. The summed E-state index contributed by atoms with van der Waals surface area (Å²) in [4.78, 5) is 27.7. The lowest BCUT2D eigenvalue weighted by atomic mass is 10.1. The molecule has 0 unspecified atom stereocenters. The molecule has 0 saturated carbocycles. The van der Waals surface area contributed by atoms with Crippen LogP contribution in [0.3, 0.4) is 0 Å². The van der Waals surface area contributed by atoms with E-state index in [9.17, 15) is 14.7 Å². The third-order valence-electron chi connectivity index (χ3n) is 2.98. The molecule has 0 bridgehead atoms. The van der Waals surface area contributed by atoms with E-state index in [1.807, 2.05) is 19.9 Å². The standard InChI is InChI=1S/C17H15N3O3S/c1-10(2)24-15-6-4-12(9-19-15)16(21)20-14-5-3-11(8-18)7-13(14)17(22)23/h3-7,9-10H,1-2H3,(H,20,21)(H,22,23). The average Bonchev–Trinajstić information content (AvgIpc) is 2.55. The number of aromatic carboxylic acids is 1. The smallest absolute Gasteiger partial charge is 0.337 e. The molecule has 6 nitrogen and oxygen atoms in total. The number of pyridine rings is 1. The van der Waals surface area contributed by atoms with E-state index in [1.54, 1.807) is 23.9 Å². The summed E-state index contributed by atoms with van der Waals surface area (Å²) in [6, 6.07) is 9.32. The molecule has 24 heavy (non-hydrogen) atoms. The number of nitrogens with zero attached hydrogens (tertiary/aromatic N) is 2. The maximum Gasteiger partial charge on any atom is 0.337 e. The van der Waals surface area contributed by atoms with Gasteiger partial charge in [0.15, 0.2) is 0 Å². The highest BCUT2D eigenvalue weighted by molar-refractivity contribution is 7.99. The molecule has 1 amide bonds. The van der Waals surface area contributed by atoms with Gasteiger partial charge in [-0.3, -0.25) is 4.79 Å². The number of rotatable bonds is 5. The summed E-state index contributed by atoms with van der Waals surface area (Å²) in [7, 11) is 0. The number of benzene rings is 1. The van der Waals surface area contributed by atoms with Crippen LogP contribution in [0.5, 0.6) is 0 Å². The van der Waals surface area contributed by atoms with Crippen LogP contribution >= 0.6 is 11.8 Å². The topological polar surface area (TPSA) is 103 Å². The Labute approximate surface area is 143 Å². The third kappa shape index (κ3) is 4.33. The Morgan fingerprint density at radius 2 is 2.04 bits per heavy atom. The summed E-state index contributed by atoms with van der Waals surface area (Å²) in [6.07, 6.45) is 1.45. The Kier molecular flexibility index (Phi) is 5.55. The van der Waals surface area contributed by atoms with Crippen LogP contribution in [0, 0.1) is 11.3 Å². The van der Waals surface area contributed by atoms with E-state index in [0.29, 0.717) is 10.8 Å².